The van der Waals surface area contributed by atoms with Gasteiger partial charge < -0.3 is 51.1 Å². The van der Waals surface area contributed by atoms with E-state index in [1.807, 2.05) is 0 Å². The van der Waals surface area contributed by atoms with Crippen molar-refractivity contribution in [1.82, 2.24) is 10.9 Å². The Bertz CT molecular complexity index is 541. The fourth-order valence-corrected chi connectivity index (χ4v) is 1.70. The predicted molar refractivity (Wildman–Crippen MR) is 95.5 cm³/mol. The summed E-state index contributed by atoms with van der Waals surface area (Å²) in [5.74, 6) is -2.85. The standard InChI is InChI=1S/C14H26N4O12/c19-3-7(23)11(27)9(25)5(21)1-15-17-13(29)14(30)18-16-2-6(22)10(26)12(28)8(24)4-20/h1-2,5-12,19-28H,3-4H2,(H,17,29)(H,18,30)/b15-1+,16-2+/t5-,6+,7+,8-,9-,10+,11+,12-. The third-order valence-corrected chi connectivity index (χ3v) is 3.56. The zero-order valence-electron chi connectivity index (χ0n) is 15.4. The number of hydrogen-bond donors (Lipinski definition) is 12. The number of hydrogen-bond acceptors (Lipinski definition) is 14. The van der Waals surface area contributed by atoms with Crippen LogP contribution >= 0.6 is 0 Å². The molecule has 8 atom stereocenters. The Morgan fingerprint density at radius 1 is 0.633 bits per heavy atom. The topological polar surface area (TPSA) is 285 Å². The molecule has 0 aromatic carbocycles. The van der Waals surface area contributed by atoms with Crippen molar-refractivity contribution in [2.24, 2.45) is 10.2 Å². The van der Waals surface area contributed by atoms with Crippen molar-refractivity contribution in [3.05, 3.63) is 0 Å². The molecule has 174 valence electrons. The first-order valence-electron chi connectivity index (χ1n) is 8.30. The minimum Gasteiger partial charge on any atom is -0.394 e. The van der Waals surface area contributed by atoms with Crippen molar-refractivity contribution < 1.29 is 60.7 Å². The molecule has 0 aromatic rings. The molecule has 0 aromatic heterocycles. The average molecular weight is 442 g/mol. The summed E-state index contributed by atoms with van der Waals surface area (Å²) in [6.07, 6.45) is -14.0. The van der Waals surface area contributed by atoms with E-state index in [4.69, 9.17) is 20.4 Å². The van der Waals surface area contributed by atoms with Crippen LogP contribution in [0.15, 0.2) is 10.2 Å². The second kappa shape index (κ2) is 14.0. The van der Waals surface area contributed by atoms with E-state index < -0.39 is 73.9 Å². The van der Waals surface area contributed by atoms with Gasteiger partial charge >= 0.3 is 11.8 Å². The summed E-state index contributed by atoms with van der Waals surface area (Å²) in [5, 5.41) is 98.6. The van der Waals surface area contributed by atoms with E-state index in [9.17, 15) is 40.2 Å². The van der Waals surface area contributed by atoms with Crippen molar-refractivity contribution in [1.29, 1.82) is 0 Å². The van der Waals surface area contributed by atoms with E-state index in [1.165, 1.54) is 0 Å². The second-order valence-electron chi connectivity index (χ2n) is 5.88. The van der Waals surface area contributed by atoms with Crippen molar-refractivity contribution in [2.75, 3.05) is 13.2 Å². The SMILES string of the molecule is O=C(N/N=C/[C@@H](O)[C@@H](O)[C@@H](O)[C@@H](O)CO)C(=O)N/N=C/[C@H](O)[C@H](O)[C@H](O)[C@H](O)CO. The van der Waals surface area contributed by atoms with Crippen LogP contribution < -0.4 is 10.9 Å². The summed E-state index contributed by atoms with van der Waals surface area (Å²) in [6.45, 7) is -1.79. The molecular formula is C14H26N4O12. The molecule has 12 N–H and O–H groups in total. The van der Waals surface area contributed by atoms with Gasteiger partial charge in [-0.05, 0) is 0 Å². The monoisotopic (exact) mass is 442 g/mol. The van der Waals surface area contributed by atoms with Crippen LogP contribution in [0.5, 0.6) is 0 Å². The highest BCUT2D eigenvalue weighted by Gasteiger charge is 2.30. The molecule has 2 amide bonds. The van der Waals surface area contributed by atoms with Gasteiger partial charge in [-0.15, -0.1) is 0 Å². The molecule has 30 heavy (non-hydrogen) atoms. The Balaban J connectivity index is 4.53. The minimum atomic E-state index is -1.97. The third-order valence-electron chi connectivity index (χ3n) is 3.56. The van der Waals surface area contributed by atoms with Crippen LogP contribution in [-0.2, 0) is 9.59 Å². The molecule has 0 saturated heterocycles. The number of carbonyl (C=O) groups excluding carboxylic acids is 2. The zero-order valence-corrected chi connectivity index (χ0v) is 15.4. The molecule has 16 nitrogen and oxygen atoms in total. The summed E-state index contributed by atoms with van der Waals surface area (Å²) < 4.78 is 0. The van der Waals surface area contributed by atoms with E-state index in [0.717, 1.165) is 0 Å². The summed E-state index contributed by atoms with van der Waals surface area (Å²) in [6, 6.07) is 0. The maximum Gasteiger partial charge on any atom is 0.331 e. The number of amides is 2. The lowest BCUT2D eigenvalue weighted by molar-refractivity contribution is -0.139. The second-order valence-corrected chi connectivity index (χ2v) is 5.88. The fourth-order valence-electron chi connectivity index (χ4n) is 1.70. The lowest BCUT2D eigenvalue weighted by Gasteiger charge is -2.23. The first kappa shape index (κ1) is 27.9. The molecule has 0 spiro atoms. The van der Waals surface area contributed by atoms with Gasteiger partial charge in [-0.1, -0.05) is 0 Å². The highest BCUT2D eigenvalue weighted by molar-refractivity contribution is 6.35. The van der Waals surface area contributed by atoms with Crippen molar-refractivity contribution >= 4 is 24.2 Å². The molecular weight excluding hydrogens is 416 g/mol. The van der Waals surface area contributed by atoms with Crippen LogP contribution in [0.2, 0.25) is 0 Å². The zero-order chi connectivity index (χ0) is 23.4. The molecule has 0 radical (unpaired) electrons. The minimum absolute atomic E-state index is 0.514. The van der Waals surface area contributed by atoms with E-state index in [0.29, 0.717) is 12.4 Å². The molecule has 0 aliphatic rings. The summed E-state index contributed by atoms with van der Waals surface area (Å²) in [4.78, 5) is 22.9. The summed E-state index contributed by atoms with van der Waals surface area (Å²) in [7, 11) is 0. The van der Waals surface area contributed by atoms with E-state index >= 15 is 0 Å². The lowest BCUT2D eigenvalue weighted by Crippen LogP contribution is -2.47. The molecule has 0 fully saturated rings. The molecule has 0 bridgehead atoms. The summed E-state index contributed by atoms with van der Waals surface area (Å²) in [5.41, 5.74) is 3.24. The summed E-state index contributed by atoms with van der Waals surface area (Å²) >= 11 is 0. The van der Waals surface area contributed by atoms with Gasteiger partial charge in [0.15, 0.2) is 0 Å². The van der Waals surface area contributed by atoms with E-state index in [2.05, 4.69) is 10.2 Å². The van der Waals surface area contributed by atoms with Gasteiger partial charge in [0.1, 0.15) is 48.8 Å². The molecule has 0 rings (SSSR count). The third kappa shape index (κ3) is 9.13. The molecule has 0 saturated carbocycles. The van der Waals surface area contributed by atoms with Gasteiger partial charge in [0, 0.05) is 0 Å². The van der Waals surface area contributed by atoms with Gasteiger partial charge in [0.05, 0.1) is 25.6 Å². The van der Waals surface area contributed by atoms with Gasteiger partial charge in [-0.25, -0.2) is 10.9 Å². The molecule has 0 unspecified atom stereocenters. The molecule has 0 aliphatic carbocycles. The maximum absolute atomic E-state index is 11.4. The number of rotatable bonds is 12. The lowest BCUT2D eigenvalue weighted by atomic mass is 10.0. The van der Waals surface area contributed by atoms with E-state index in [1.54, 1.807) is 10.9 Å². The Morgan fingerprint density at radius 3 is 1.20 bits per heavy atom. The van der Waals surface area contributed by atoms with Gasteiger partial charge in [0.2, 0.25) is 0 Å². The van der Waals surface area contributed by atoms with Gasteiger partial charge in [0.25, 0.3) is 0 Å². The van der Waals surface area contributed by atoms with Crippen LogP contribution in [-0.4, -0.2) is 137 Å². The predicted octanol–water partition coefficient (Wildman–Crippen LogP) is -7.94. The van der Waals surface area contributed by atoms with Crippen LogP contribution in [0.1, 0.15) is 0 Å². The van der Waals surface area contributed by atoms with Gasteiger partial charge in [-0.3, -0.25) is 9.59 Å². The van der Waals surface area contributed by atoms with Gasteiger partial charge in [-0.2, -0.15) is 10.2 Å². The quantitative estimate of drug-likeness (QED) is 0.0762. The molecule has 16 heteroatoms. The highest BCUT2D eigenvalue weighted by Crippen LogP contribution is 2.04. The largest absolute Gasteiger partial charge is 0.394 e. The molecule has 0 heterocycles. The first-order valence-corrected chi connectivity index (χ1v) is 8.30. The normalized spacial score (nSPS) is 20.2. The highest BCUT2D eigenvalue weighted by atomic mass is 16.4. The Labute approximate surface area is 169 Å². The van der Waals surface area contributed by atoms with Crippen molar-refractivity contribution in [3.8, 4) is 0 Å². The Hall–Kier alpha value is -2.12. The number of hydrazone groups is 2. The van der Waals surface area contributed by atoms with Crippen LogP contribution in [0.25, 0.3) is 0 Å². The number of nitrogens with one attached hydrogen (secondary N) is 2. The number of aliphatic hydroxyl groups is 10. The van der Waals surface area contributed by atoms with Crippen molar-refractivity contribution in [2.45, 2.75) is 48.8 Å². The number of nitrogens with zero attached hydrogens (tertiary/aromatic N) is 2. The van der Waals surface area contributed by atoms with Crippen LogP contribution in [0.4, 0.5) is 0 Å². The first-order chi connectivity index (χ1) is 14.0. The smallest absolute Gasteiger partial charge is 0.331 e. The van der Waals surface area contributed by atoms with E-state index in [-0.39, 0.29) is 0 Å². The number of aliphatic hydroxyl groups excluding tert-OH is 10. The van der Waals surface area contributed by atoms with Crippen LogP contribution in [0.3, 0.4) is 0 Å². The van der Waals surface area contributed by atoms with Crippen LogP contribution in [0, 0.1) is 0 Å². The fraction of sp³-hybridized carbons (Fsp3) is 0.714. The Morgan fingerprint density at radius 2 is 0.933 bits per heavy atom. The molecule has 0 aliphatic heterocycles. The van der Waals surface area contributed by atoms with Crippen molar-refractivity contribution in [3.63, 3.8) is 0 Å². The average Bonchev–Trinajstić information content (AvgIpc) is 2.74. The number of carbonyl (C=O) groups is 2. The Kier molecular flexibility index (Phi) is 13.0. The maximum atomic E-state index is 11.4.